The average molecular weight is 192 g/mol. The Morgan fingerprint density at radius 2 is 1.75 bits per heavy atom. The van der Waals surface area contributed by atoms with Gasteiger partial charge in [0.25, 0.3) is 0 Å². The predicted molar refractivity (Wildman–Crippen MR) is 48.9 cm³/mol. The molecule has 0 saturated heterocycles. The van der Waals surface area contributed by atoms with Gasteiger partial charge >= 0.3 is 0 Å². The molecule has 0 aliphatic carbocycles. The first-order valence-electron chi connectivity index (χ1n) is 4.09. The number of unbranched alkanes of at least 4 members (excludes halogenated alkanes) is 2. The van der Waals surface area contributed by atoms with Crippen molar-refractivity contribution in [2.45, 2.75) is 32.6 Å². The van der Waals surface area contributed by atoms with Crippen LogP contribution in [-0.2, 0) is 14.6 Å². The van der Waals surface area contributed by atoms with Crippen LogP contribution in [0.3, 0.4) is 0 Å². The van der Waals surface area contributed by atoms with Gasteiger partial charge in [0.15, 0.2) is 0 Å². The molecule has 0 spiro atoms. The van der Waals surface area contributed by atoms with Crippen LogP contribution in [0.2, 0.25) is 0 Å². The van der Waals surface area contributed by atoms with Crippen molar-refractivity contribution in [3.63, 3.8) is 0 Å². The van der Waals surface area contributed by atoms with Crippen LogP contribution in [0, 0.1) is 0 Å². The molecule has 0 aliphatic rings. The van der Waals surface area contributed by atoms with Gasteiger partial charge in [-0.2, -0.15) is 0 Å². The van der Waals surface area contributed by atoms with E-state index in [0.717, 1.165) is 12.8 Å². The number of hydrogen-bond acceptors (Lipinski definition) is 3. The van der Waals surface area contributed by atoms with Crippen LogP contribution in [0.4, 0.5) is 0 Å². The molecule has 0 aromatic carbocycles. The molecule has 0 unspecified atom stereocenters. The largest absolute Gasteiger partial charge is 0.300 e. The van der Waals surface area contributed by atoms with Crippen LogP contribution < -0.4 is 0 Å². The maximum Gasteiger partial charge on any atom is 0.147 e. The topological polar surface area (TPSA) is 51.2 Å². The molecule has 0 fully saturated rings. The van der Waals surface area contributed by atoms with Crippen molar-refractivity contribution < 1.29 is 13.2 Å². The molecule has 0 rings (SSSR count). The lowest BCUT2D eigenvalue weighted by Gasteiger charge is -1.97. The van der Waals surface area contributed by atoms with E-state index in [1.807, 2.05) is 0 Å². The first-order valence-corrected chi connectivity index (χ1v) is 6.15. The fourth-order valence-electron chi connectivity index (χ4n) is 0.915. The summed E-state index contributed by atoms with van der Waals surface area (Å²) in [6.45, 7) is 1.55. The van der Waals surface area contributed by atoms with E-state index in [0.29, 0.717) is 12.8 Å². The molecule has 0 radical (unpaired) electrons. The van der Waals surface area contributed by atoms with Crippen LogP contribution in [0.25, 0.3) is 0 Å². The van der Waals surface area contributed by atoms with Gasteiger partial charge in [-0.1, -0.05) is 6.42 Å². The van der Waals surface area contributed by atoms with Gasteiger partial charge in [-0.15, -0.1) is 0 Å². The first-order chi connectivity index (χ1) is 5.42. The quantitative estimate of drug-likeness (QED) is 0.594. The van der Waals surface area contributed by atoms with Gasteiger partial charge in [0.2, 0.25) is 0 Å². The Labute approximate surface area is 74.1 Å². The number of Topliss-reactive ketones (excluding diaryl/α,β-unsaturated/α-hetero) is 1. The standard InChI is InChI=1S/C8H16O3S/c1-8(9)6-4-3-5-7-12(2,10)11/h3-7H2,1-2H3. The molecule has 0 atom stereocenters. The minimum Gasteiger partial charge on any atom is -0.300 e. The van der Waals surface area contributed by atoms with Crippen LogP contribution in [0.5, 0.6) is 0 Å². The second-order valence-electron chi connectivity index (χ2n) is 3.14. The monoisotopic (exact) mass is 192 g/mol. The minimum absolute atomic E-state index is 0.175. The minimum atomic E-state index is -2.81. The second kappa shape index (κ2) is 5.30. The Morgan fingerprint density at radius 3 is 2.17 bits per heavy atom. The van der Waals surface area contributed by atoms with Gasteiger partial charge in [-0.05, 0) is 19.8 Å². The predicted octanol–water partition coefficient (Wildman–Crippen LogP) is 1.18. The summed E-state index contributed by atoms with van der Waals surface area (Å²) in [4.78, 5) is 10.5. The Bertz CT molecular complexity index is 229. The van der Waals surface area contributed by atoms with Gasteiger partial charge in [-0.25, -0.2) is 8.42 Å². The van der Waals surface area contributed by atoms with Gasteiger partial charge in [-0.3, -0.25) is 0 Å². The van der Waals surface area contributed by atoms with E-state index >= 15 is 0 Å². The van der Waals surface area contributed by atoms with Crippen LogP contribution >= 0.6 is 0 Å². The Morgan fingerprint density at radius 1 is 1.17 bits per heavy atom. The van der Waals surface area contributed by atoms with Crippen molar-refractivity contribution in [1.29, 1.82) is 0 Å². The van der Waals surface area contributed by atoms with Gasteiger partial charge < -0.3 is 4.79 Å². The van der Waals surface area contributed by atoms with Crippen LogP contribution in [-0.4, -0.2) is 26.2 Å². The average Bonchev–Trinajstić information content (AvgIpc) is 1.83. The Balaban J connectivity index is 3.29. The molecule has 0 aromatic heterocycles. The third kappa shape index (κ3) is 9.62. The molecule has 3 nitrogen and oxygen atoms in total. The van der Waals surface area contributed by atoms with Gasteiger partial charge in [0.05, 0.1) is 0 Å². The highest BCUT2D eigenvalue weighted by atomic mass is 32.2. The summed E-state index contributed by atoms with van der Waals surface area (Å²) in [5, 5.41) is 0. The lowest BCUT2D eigenvalue weighted by atomic mass is 10.2. The smallest absolute Gasteiger partial charge is 0.147 e. The summed E-state index contributed by atoms with van der Waals surface area (Å²) in [6.07, 6.45) is 4.12. The first kappa shape index (κ1) is 11.6. The SMILES string of the molecule is CC(=O)CCCCCS(C)(=O)=O. The summed E-state index contributed by atoms with van der Waals surface area (Å²) < 4.78 is 21.3. The Hall–Kier alpha value is -0.380. The van der Waals surface area contributed by atoms with Crippen molar-refractivity contribution in [1.82, 2.24) is 0 Å². The fourth-order valence-corrected chi connectivity index (χ4v) is 1.64. The number of sulfone groups is 1. The molecule has 0 heterocycles. The molecule has 0 aliphatic heterocycles. The zero-order chi connectivity index (χ0) is 9.61. The van der Waals surface area contributed by atoms with Crippen molar-refractivity contribution in [3.05, 3.63) is 0 Å². The highest BCUT2D eigenvalue weighted by molar-refractivity contribution is 7.90. The van der Waals surface area contributed by atoms with E-state index in [9.17, 15) is 13.2 Å². The third-order valence-electron chi connectivity index (χ3n) is 1.54. The summed E-state index contributed by atoms with van der Waals surface area (Å²) in [5.41, 5.74) is 0. The molecule has 4 heteroatoms. The molecule has 0 aromatic rings. The van der Waals surface area contributed by atoms with Crippen LogP contribution in [0.15, 0.2) is 0 Å². The second-order valence-corrected chi connectivity index (χ2v) is 5.40. The van der Waals surface area contributed by atoms with E-state index < -0.39 is 9.84 Å². The van der Waals surface area contributed by atoms with Gasteiger partial charge in [0.1, 0.15) is 15.6 Å². The third-order valence-corrected chi connectivity index (χ3v) is 2.57. The lowest BCUT2D eigenvalue weighted by molar-refractivity contribution is -0.117. The number of ketones is 1. The molecule has 12 heavy (non-hydrogen) atoms. The molecule has 0 N–H and O–H groups in total. The highest BCUT2D eigenvalue weighted by Crippen LogP contribution is 2.01. The van der Waals surface area contributed by atoms with E-state index in [1.54, 1.807) is 6.92 Å². The van der Waals surface area contributed by atoms with Crippen molar-refractivity contribution >= 4 is 15.6 Å². The zero-order valence-corrected chi connectivity index (χ0v) is 8.49. The highest BCUT2D eigenvalue weighted by Gasteiger charge is 2.01. The maximum atomic E-state index is 10.7. The number of hydrogen-bond donors (Lipinski definition) is 0. The molecule has 0 saturated carbocycles. The summed E-state index contributed by atoms with van der Waals surface area (Å²) in [5.74, 6) is 0.416. The summed E-state index contributed by atoms with van der Waals surface area (Å²) in [7, 11) is -2.81. The zero-order valence-electron chi connectivity index (χ0n) is 7.67. The lowest BCUT2D eigenvalue weighted by Crippen LogP contribution is -2.02. The van der Waals surface area contributed by atoms with Gasteiger partial charge in [0, 0.05) is 18.4 Å². The molecular weight excluding hydrogens is 176 g/mol. The summed E-state index contributed by atoms with van der Waals surface area (Å²) >= 11 is 0. The number of rotatable bonds is 6. The molecule has 0 bridgehead atoms. The number of carbonyl (C=O) groups is 1. The van der Waals surface area contributed by atoms with E-state index in [2.05, 4.69) is 0 Å². The molecule has 0 amide bonds. The van der Waals surface area contributed by atoms with E-state index in [-0.39, 0.29) is 11.5 Å². The fraction of sp³-hybridized carbons (Fsp3) is 0.875. The van der Waals surface area contributed by atoms with Crippen molar-refractivity contribution in [3.8, 4) is 0 Å². The Kier molecular flexibility index (Phi) is 5.13. The summed E-state index contributed by atoms with van der Waals surface area (Å²) in [6, 6.07) is 0. The molecule has 72 valence electrons. The van der Waals surface area contributed by atoms with Crippen LogP contribution in [0.1, 0.15) is 32.6 Å². The van der Waals surface area contributed by atoms with Crippen molar-refractivity contribution in [2.24, 2.45) is 0 Å². The molecular formula is C8H16O3S. The maximum absolute atomic E-state index is 10.7. The normalized spacial score (nSPS) is 11.5. The van der Waals surface area contributed by atoms with E-state index in [1.165, 1.54) is 6.26 Å². The van der Waals surface area contributed by atoms with E-state index in [4.69, 9.17) is 0 Å². The van der Waals surface area contributed by atoms with Crippen molar-refractivity contribution in [2.75, 3.05) is 12.0 Å². The number of carbonyl (C=O) groups excluding carboxylic acids is 1.